The third kappa shape index (κ3) is 2.23. The largest absolute Gasteiger partial charge is 0.352 e. The number of aryl methyl sites for hydroxylation is 1. The van der Waals surface area contributed by atoms with Gasteiger partial charge in [0, 0.05) is 17.7 Å². The molecule has 0 atom stereocenters. The number of aromatic amines is 1. The first-order chi connectivity index (χ1) is 7.18. The van der Waals surface area contributed by atoms with Crippen LogP contribution in [0.15, 0.2) is 4.79 Å². The van der Waals surface area contributed by atoms with Crippen LogP contribution in [0.3, 0.4) is 0 Å². The quantitative estimate of drug-likeness (QED) is 0.644. The third-order valence-electron chi connectivity index (χ3n) is 2.20. The molecule has 0 aromatic carbocycles. The molecule has 1 aliphatic heterocycles. The van der Waals surface area contributed by atoms with Crippen LogP contribution in [0.4, 0.5) is 0 Å². The molecule has 2 heterocycles. The van der Waals surface area contributed by atoms with Gasteiger partial charge in [-0.25, -0.2) is 5.10 Å². The van der Waals surface area contributed by atoms with Gasteiger partial charge in [0.25, 0.3) is 5.56 Å². The maximum Gasteiger partial charge on any atom is 0.268 e. The van der Waals surface area contributed by atoms with Gasteiger partial charge in [-0.3, -0.25) is 9.59 Å². The second-order valence-electron chi connectivity index (χ2n) is 3.05. The summed E-state index contributed by atoms with van der Waals surface area (Å²) < 4.78 is 0. The highest BCUT2D eigenvalue weighted by Gasteiger charge is 2.19. The summed E-state index contributed by atoms with van der Waals surface area (Å²) in [7, 11) is 0. The average Bonchev–Trinajstić information content (AvgIpc) is 2.27. The van der Waals surface area contributed by atoms with Crippen LogP contribution in [0.25, 0.3) is 0 Å². The zero-order valence-electron chi connectivity index (χ0n) is 9.18. The zero-order chi connectivity index (χ0) is 11.4. The Labute approximate surface area is 87.9 Å². The molecule has 5 heteroatoms. The van der Waals surface area contributed by atoms with Gasteiger partial charge in [0.15, 0.2) is 0 Å². The topological polar surface area (TPSA) is 74.8 Å². The molecule has 1 aromatic heterocycles. The van der Waals surface area contributed by atoms with Gasteiger partial charge in [0.05, 0.1) is 12.1 Å². The summed E-state index contributed by atoms with van der Waals surface area (Å²) in [6.45, 7) is 6.23. The number of hydrogen-bond acceptors (Lipinski definition) is 3. The third-order valence-corrected chi connectivity index (χ3v) is 2.20. The Balaban J connectivity index is 0.000000531. The van der Waals surface area contributed by atoms with Crippen molar-refractivity contribution in [3.05, 3.63) is 27.2 Å². The van der Waals surface area contributed by atoms with E-state index in [1.165, 1.54) is 0 Å². The van der Waals surface area contributed by atoms with E-state index in [-0.39, 0.29) is 17.9 Å². The molecule has 0 radical (unpaired) electrons. The molecule has 2 rings (SSSR count). The Kier molecular flexibility index (Phi) is 3.60. The summed E-state index contributed by atoms with van der Waals surface area (Å²) in [5.41, 5.74) is 1.92. The fourth-order valence-electron chi connectivity index (χ4n) is 1.46. The van der Waals surface area contributed by atoms with Gasteiger partial charge >= 0.3 is 0 Å². The number of nitrogens with one attached hydrogen (secondary N) is 2. The molecule has 0 unspecified atom stereocenters. The number of H-pyrrole nitrogens is 1. The molecule has 0 fully saturated rings. The van der Waals surface area contributed by atoms with Gasteiger partial charge < -0.3 is 5.32 Å². The Morgan fingerprint density at radius 3 is 2.53 bits per heavy atom. The maximum absolute atomic E-state index is 11.3. The molecule has 1 amide bonds. The van der Waals surface area contributed by atoms with Crippen molar-refractivity contribution >= 4 is 5.91 Å². The van der Waals surface area contributed by atoms with Gasteiger partial charge in [0.2, 0.25) is 5.91 Å². The Morgan fingerprint density at radius 2 is 1.87 bits per heavy atom. The van der Waals surface area contributed by atoms with Crippen molar-refractivity contribution in [2.45, 2.75) is 33.7 Å². The monoisotopic (exact) mass is 209 g/mol. The average molecular weight is 209 g/mol. The van der Waals surface area contributed by atoms with E-state index in [9.17, 15) is 9.59 Å². The van der Waals surface area contributed by atoms with E-state index >= 15 is 0 Å². The van der Waals surface area contributed by atoms with Crippen molar-refractivity contribution in [3.63, 3.8) is 0 Å². The van der Waals surface area contributed by atoms with E-state index in [1.807, 2.05) is 20.8 Å². The Bertz CT molecular complexity index is 423. The van der Waals surface area contributed by atoms with Crippen LogP contribution in [0.2, 0.25) is 0 Å². The van der Waals surface area contributed by atoms with E-state index in [4.69, 9.17) is 0 Å². The Morgan fingerprint density at radius 1 is 1.20 bits per heavy atom. The predicted octanol–water partition coefficient (Wildman–Crippen LogP) is 0.277. The molecule has 1 aromatic rings. The standard InChI is InChI=1S/C8H9N3O2.C2H6/c1-4-6-3-9-7(12)2-5(6)8(13)11-10-4;1-2/h2-3H2,1H3,(H,9,12)(H,11,13);1-2H3. The van der Waals surface area contributed by atoms with Crippen molar-refractivity contribution in [2.24, 2.45) is 0 Å². The SMILES string of the molecule is CC.Cc1n[nH]c(=O)c2c1CNC(=O)C2. The molecule has 0 saturated carbocycles. The minimum absolute atomic E-state index is 0.108. The number of rotatable bonds is 0. The summed E-state index contributed by atoms with van der Waals surface area (Å²) >= 11 is 0. The van der Waals surface area contributed by atoms with Crippen molar-refractivity contribution in [1.82, 2.24) is 15.5 Å². The second kappa shape index (κ2) is 4.72. The van der Waals surface area contributed by atoms with Gasteiger partial charge in [-0.05, 0) is 6.92 Å². The van der Waals surface area contributed by atoms with Gasteiger partial charge in [-0.2, -0.15) is 5.10 Å². The number of fused-ring (bicyclic) bond motifs is 1. The number of carbonyl (C=O) groups excluding carboxylic acids is 1. The number of aromatic nitrogens is 2. The summed E-state index contributed by atoms with van der Waals surface area (Å²) in [6, 6.07) is 0. The first kappa shape index (κ1) is 11.4. The van der Waals surface area contributed by atoms with Gasteiger partial charge in [0.1, 0.15) is 0 Å². The number of carbonyl (C=O) groups is 1. The highest BCUT2D eigenvalue weighted by molar-refractivity contribution is 5.80. The molecule has 1 aliphatic rings. The predicted molar refractivity (Wildman–Crippen MR) is 56.5 cm³/mol. The van der Waals surface area contributed by atoms with Crippen molar-refractivity contribution < 1.29 is 4.79 Å². The lowest BCUT2D eigenvalue weighted by Gasteiger charge is -2.16. The molecule has 5 nitrogen and oxygen atoms in total. The summed E-state index contributed by atoms with van der Waals surface area (Å²) in [4.78, 5) is 22.3. The van der Waals surface area contributed by atoms with Crippen LogP contribution in [-0.2, 0) is 17.8 Å². The van der Waals surface area contributed by atoms with Gasteiger partial charge in [-0.1, -0.05) is 13.8 Å². The minimum atomic E-state index is -0.254. The van der Waals surface area contributed by atoms with Crippen LogP contribution >= 0.6 is 0 Å². The summed E-state index contributed by atoms with van der Waals surface area (Å²) in [6.07, 6.45) is 0.161. The van der Waals surface area contributed by atoms with E-state index in [0.717, 1.165) is 11.3 Å². The summed E-state index contributed by atoms with van der Waals surface area (Å²) in [5, 5.41) is 8.87. The summed E-state index contributed by atoms with van der Waals surface area (Å²) in [5.74, 6) is -0.108. The van der Waals surface area contributed by atoms with E-state index < -0.39 is 0 Å². The molecular formula is C10H15N3O2. The van der Waals surface area contributed by atoms with Gasteiger partial charge in [-0.15, -0.1) is 0 Å². The van der Waals surface area contributed by atoms with E-state index in [1.54, 1.807) is 0 Å². The molecule has 82 valence electrons. The molecule has 15 heavy (non-hydrogen) atoms. The molecule has 2 N–H and O–H groups in total. The van der Waals surface area contributed by atoms with Crippen molar-refractivity contribution in [2.75, 3.05) is 0 Å². The van der Waals surface area contributed by atoms with Crippen molar-refractivity contribution in [1.29, 1.82) is 0 Å². The van der Waals surface area contributed by atoms with E-state index in [0.29, 0.717) is 12.1 Å². The highest BCUT2D eigenvalue weighted by atomic mass is 16.2. The fraction of sp³-hybridized carbons (Fsp3) is 0.500. The minimum Gasteiger partial charge on any atom is -0.352 e. The van der Waals surface area contributed by atoms with Crippen LogP contribution in [0.5, 0.6) is 0 Å². The van der Waals surface area contributed by atoms with Crippen LogP contribution in [0.1, 0.15) is 30.7 Å². The zero-order valence-corrected chi connectivity index (χ0v) is 9.18. The van der Waals surface area contributed by atoms with Crippen LogP contribution in [0, 0.1) is 6.92 Å². The normalized spacial score (nSPS) is 13.4. The first-order valence-electron chi connectivity index (χ1n) is 5.02. The lowest BCUT2D eigenvalue weighted by molar-refractivity contribution is -0.121. The smallest absolute Gasteiger partial charge is 0.268 e. The second-order valence-corrected chi connectivity index (χ2v) is 3.05. The molecule has 0 aliphatic carbocycles. The van der Waals surface area contributed by atoms with E-state index in [2.05, 4.69) is 15.5 Å². The maximum atomic E-state index is 11.3. The number of hydrogen-bond donors (Lipinski definition) is 2. The first-order valence-corrected chi connectivity index (χ1v) is 5.02. The molecule has 0 spiro atoms. The lowest BCUT2D eigenvalue weighted by Crippen LogP contribution is -2.35. The number of nitrogens with zero attached hydrogens (tertiary/aromatic N) is 1. The number of amides is 1. The molecule has 0 saturated heterocycles. The van der Waals surface area contributed by atoms with Crippen LogP contribution in [-0.4, -0.2) is 16.1 Å². The molecular weight excluding hydrogens is 194 g/mol. The fourth-order valence-corrected chi connectivity index (χ4v) is 1.46. The molecule has 0 bridgehead atoms. The van der Waals surface area contributed by atoms with Crippen molar-refractivity contribution in [3.8, 4) is 0 Å². The highest BCUT2D eigenvalue weighted by Crippen LogP contribution is 2.11. The lowest BCUT2D eigenvalue weighted by atomic mass is 10.0. The van der Waals surface area contributed by atoms with Crippen LogP contribution < -0.4 is 10.9 Å². The Hall–Kier alpha value is -1.65.